The third-order valence-electron chi connectivity index (χ3n) is 4.90. The molecule has 1 amide bonds. The molecular weight excluding hydrogens is 364 g/mol. The summed E-state index contributed by atoms with van der Waals surface area (Å²) in [6.45, 7) is 4.24. The van der Waals surface area contributed by atoms with E-state index >= 15 is 0 Å². The number of benzene rings is 2. The highest BCUT2D eigenvalue weighted by Gasteiger charge is 2.22. The van der Waals surface area contributed by atoms with Crippen LogP contribution in [0.4, 0.5) is 5.69 Å². The van der Waals surface area contributed by atoms with Crippen molar-refractivity contribution in [3.63, 3.8) is 0 Å². The fraction of sp³-hybridized carbons (Fsp3) is 0.167. The van der Waals surface area contributed by atoms with E-state index in [0.717, 1.165) is 28.3 Å². The third-order valence-corrected chi connectivity index (χ3v) is 4.90. The highest BCUT2D eigenvalue weighted by molar-refractivity contribution is 6.04. The highest BCUT2D eigenvalue weighted by atomic mass is 16.5. The first kappa shape index (κ1) is 18.7. The molecule has 4 rings (SSSR count). The molecule has 2 aromatic heterocycles. The topological polar surface area (TPSA) is 59.5 Å². The number of aryl methyl sites for hydroxylation is 2. The predicted octanol–water partition coefficient (Wildman–Crippen LogP) is 5.32. The number of para-hydroxylation sites is 1. The molecule has 29 heavy (non-hydrogen) atoms. The lowest BCUT2D eigenvalue weighted by Crippen LogP contribution is -2.30. The van der Waals surface area contributed by atoms with Gasteiger partial charge in [-0.15, -0.1) is 0 Å². The molecule has 0 bridgehead atoms. The number of hydrogen-bond donors (Lipinski definition) is 0. The van der Waals surface area contributed by atoms with Crippen molar-refractivity contribution < 1.29 is 13.7 Å². The minimum absolute atomic E-state index is 0.176. The number of anilines is 1. The molecule has 146 valence electrons. The molecule has 4 aromatic rings. The van der Waals surface area contributed by atoms with Crippen LogP contribution in [0.1, 0.15) is 38.9 Å². The summed E-state index contributed by atoms with van der Waals surface area (Å²) in [5.74, 6) is 1.61. The van der Waals surface area contributed by atoms with Crippen molar-refractivity contribution >= 4 is 11.6 Å². The molecule has 0 unspecified atom stereocenters. The Balaban J connectivity index is 1.60. The number of aromatic nitrogens is 1. The van der Waals surface area contributed by atoms with Gasteiger partial charge in [0.1, 0.15) is 11.5 Å². The summed E-state index contributed by atoms with van der Waals surface area (Å²) in [7, 11) is 0. The van der Waals surface area contributed by atoms with Crippen molar-refractivity contribution in [3.8, 4) is 0 Å². The second-order valence-corrected chi connectivity index (χ2v) is 6.96. The summed E-state index contributed by atoms with van der Waals surface area (Å²) in [5, 5.41) is 3.98. The molecule has 0 radical (unpaired) electrons. The molecule has 0 saturated carbocycles. The molecule has 2 heterocycles. The number of rotatable bonds is 6. The second kappa shape index (κ2) is 8.19. The van der Waals surface area contributed by atoms with Crippen LogP contribution in [-0.4, -0.2) is 11.1 Å². The lowest BCUT2D eigenvalue weighted by atomic mass is 10.1. The Labute approximate surface area is 169 Å². The van der Waals surface area contributed by atoms with E-state index in [-0.39, 0.29) is 5.91 Å². The summed E-state index contributed by atoms with van der Waals surface area (Å²) < 4.78 is 11.1. The average Bonchev–Trinajstić information content (AvgIpc) is 3.35. The van der Waals surface area contributed by atoms with Crippen LogP contribution in [0.2, 0.25) is 0 Å². The zero-order chi connectivity index (χ0) is 20.2. The summed E-state index contributed by atoms with van der Waals surface area (Å²) in [4.78, 5) is 15.0. The van der Waals surface area contributed by atoms with Gasteiger partial charge in [0, 0.05) is 17.7 Å². The fourth-order valence-corrected chi connectivity index (χ4v) is 3.30. The van der Waals surface area contributed by atoms with E-state index in [2.05, 4.69) is 5.16 Å². The SMILES string of the molecule is Cc1noc(C)c1Cc1ccc(C(=O)N(Cc2ccccc2)c2ccccc2)o1. The Morgan fingerprint density at radius 3 is 2.28 bits per heavy atom. The molecule has 0 aliphatic carbocycles. The van der Waals surface area contributed by atoms with Crippen LogP contribution < -0.4 is 4.90 Å². The number of hydrogen-bond acceptors (Lipinski definition) is 4. The third kappa shape index (κ3) is 4.14. The van der Waals surface area contributed by atoms with E-state index in [1.807, 2.05) is 80.6 Å². The lowest BCUT2D eigenvalue weighted by molar-refractivity contribution is 0.0957. The molecule has 0 N–H and O–H groups in total. The molecule has 0 aliphatic rings. The summed E-state index contributed by atoms with van der Waals surface area (Å²) in [5.41, 5.74) is 3.70. The van der Waals surface area contributed by atoms with Crippen LogP contribution in [0.3, 0.4) is 0 Å². The van der Waals surface area contributed by atoms with Crippen molar-refractivity contribution in [2.24, 2.45) is 0 Å². The Kier molecular flexibility index (Phi) is 5.29. The Morgan fingerprint density at radius 1 is 0.931 bits per heavy atom. The molecule has 2 aromatic carbocycles. The van der Waals surface area contributed by atoms with E-state index in [9.17, 15) is 4.79 Å². The number of carbonyl (C=O) groups is 1. The van der Waals surface area contributed by atoms with Gasteiger partial charge in [-0.3, -0.25) is 4.79 Å². The molecule has 5 nitrogen and oxygen atoms in total. The van der Waals surface area contributed by atoms with Crippen LogP contribution in [0.25, 0.3) is 0 Å². The quantitative estimate of drug-likeness (QED) is 0.450. The van der Waals surface area contributed by atoms with Gasteiger partial charge in [0.25, 0.3) is 5.91 Å². The number of carbonyl (C=O) groups excluding carboxylic acids is 1. The lowest BCUT2D eigenvalue weighted by Gasteiger charge is -2.22. The first-order valence-electron chi connectivity index (χ1n) is 9.53. The van der Waals surface area contributed by atoms with Gasteiger partial charge in [0.2, 0.25) is 0 Å². The molecule has 0 atom stereocenters. The number of nitrogens with zero attached hydrogens (tertiary/aromatic N) is 2. The summed E-state index contributed by atoms with van der Waals surface area (Å²) >= 11 is 0. The van der Waals surface area contributed by atoms with Crippen LogP contribution in [-0.2, 0) is 13.0 Å². The van der Waals surface area contributed by atoms with E-state index in [1.54, 1.807) is 11.0 Å². The van der Waals surface area contributed by atoms with Crippen LogP contribution >= 0.6 is 0 Å². The molecule has 0 spiro atoms. The largest absolute Gasteiger partial charge is 0.456 e. The Bertz CT molecular complexity index is 1080. The van der Waals surface area contributed by atoms with Gasteiger partial charge in [0.15, 0.2) is 5.76 Å². The minimum Gasteiger partial charge on any atom is -0.456 e. The van der Waals surface area contributed by atoms with Crippen LogP contribution in [0, 0.1) is 13.8 Å². The summed E-state index contributed by atoms with van der Waals surface area (Å²) in [6.07, 6.45) is 0.540. The van der Waals surface area contributed by atoms with E-state index in [0.29, 0.717) is 24.5 Å². The summed E-state index contributed by atoms with van der Waals surface area (Å²) in [6, 6.07) is 23.1. The molecule has 0 saturated heterocycles. The van der Waals surface area contributed by atoms with Gasteiger partial charge in [0.05, 0.1) is 12.2 Å². The predicted molar refractivity (Wildman–Crippen MR) is 111 cm³/mol. The van der Waals surface area contributed by atoms with Gasteiger partial charge in [-0.2, -0.15) is 0 Å². The van der Waals surface area contributed by atoms with Gasteiger partial charge in [-0.25, -0.2) is 0 Å². The molecule has 5 heteroatoms. The van der Waals surface area contributed by atoms with E-state index in [1.165, 1.54) is 0 Å². The van der Waals surface area contributed by atoms with Crippen molar-refractivity contribution in [1.82, 2.24) is 5.16 Å². The second-order valence-electron chi connectivity index (χ2n) is 6.96. The van der Waals surface area contributed by atoms with Gasteiger partial charge < -0.3 is 13.8 Å². The maximum Gasteiger partial charge on any atom is 0.294 e. The van der Waals surface area contributed by atoms with Crippen LogP contribution in [0.5, 0.6) is 0 Å². The first-order valence-corrected chi connectivity index (χ1v) is 9.53. The van der Waals surface area contributed by atoms with E-state index < -0.39 is 0 Å². The molecular formula is C24H22N2O3. The number of amides is 1. The minimum atomic E-state index is -0.176. The van der Waals surface area contributed by atoms with Crippen molar-refractivity contribution in [1.29, 1.82) is 0 Å². The average molecular weight is 386 g/mol. The normalized spacial score (nSPS) is 10.8. The smallest absolute Gasteiger partial charge is 0.294 e. The first-order chi connectivity index (χ1) is 14.1. The van der Waals surface area contributed by atoms with Gasteiger partial charge in [-0.05, 0) is 43.7 Å². The molecule has 0 fully saturated rings. The van der Waals surface area contributed by atoms with E-state index in [4.69, 9.17) is 8.94 Å². The van der Waals surface area contributed by atoms with Crippen LogP contribution in [0.15, 0.2) is 81.7 Å². The van der Waals surface area contributed by atoms with Crippen molar-refractivity contribution in [2.75, 3.05) is 4.90 Å². The van der Waals surface area contributed by atoms with Crippen molar-refractivity contribution in [2.45, 2.75) is 26.8 Å². The highest BCUT2D eigenvalue weighted by Crippen LogP contribution is 2.23. The maximum atomic E-state index is 13.3. The standard InChI is InChI=1S/C24H22N2O3/c1-17-22(18(2)29-25-17)15-21-13-14-23(28-21)24(27)26(20-11-7-4-8-12-20)16-19-9-5-3-6-10-19/h3-14H,15-16H2,1-2H3. The number of furan rings is 1. The molecule has 0 aliphatic heterocycles. The van der Waals surface area contributed by atoms with Gasteiger partial charge in [-0.1, -0.05) is 53.7 Å². The monoisotopic (exact) mass is 386 g/mol. The zero-order valence-electron chi connectivity index (χ0n) is 16.5. The fourth-order valence-electron chi connectivity index (χ4n) is 3.30. The Morgan fingerprint density at radius 2 is 1.62 bits per heavy atom. The zero-order valence-corrected chi connectivity index (χ0v) is 16.5. The van der Waals surface area contributed by atoms with Crippen molar-refractivity contribution in [3.05, 3.63) is 107 Å². The van der Waals surface area contributed by atoms with Gasteiger partial charge >= 0.3 is 0 Å². The maximum absolute atomic E-state index is 13.3. The Hall–Kier alpha value is -3.60.